The Kier molecular flexibility index (Phi) is 4.62. The van der Waals surface area contributed by atoms with Gasteiger partial charge in [-0.25, -0.2) is 9.18 Å². The predicted octanol–water partition coefficient (Wildman–Crippen LogP) is 4.89. The summed E-state index contributed by atoms with van der Waals surface area (Å²) in [5.41, 5.74) is 2.21. The van der Waals surface area contributed by atoms with E-state index in [9.17, 15) is 9.18 Å². The molecule has 1 aromatic heterocycles. The Morgan fingerprint density at radius 3 is 2.75 bits per heavy atom. The number of carbonyl (C=O) groups excluding carboxylic acids is 1. The molecule has 0 atom stereocenters. The van der Waals surface area contributed by atoms with Crippen LogP contribution in [-0.2, 0) is 4.74 Å². The number of benzene rings is 2. The molecule has 24 heavy (non-hydrogen) atoms. The minimum atomic E-state index is -0.467. The number of aromatic nitrogens is 1. The van der Waals surface area contributed by atoms with Gasteiger partial charge < -0.3 is 9.72 Å². The van der Waals surface area contributed by atoms with Crippen molar-refractivity contribution in [1.29, 1.82) is 0 Å². The largest absolute Gasteiger partial charge is 0.461 e. The number of halogens is 2. The van der Waals surface area contributed by atoms with Crippen LogP contribution >= 0.6 is 11.6 Å². The van der Waals surface area contributed by atoms with Gasteiger partial charge in [0, 0.05) is 27.7 Å². The summed E-state index contributed by atoms with van der Waals surface area (Å²) in [5.74, 6) is -0.801. The first-order valence-corrected chi connectivity index (χ1v) is 7.74. The molecule has 0 aliphatic rings. The van der Waals surface area contributed by atoms with Gasteiger partial charge in [0.15, 0.2) is 0 Å². The molecule has 3 rings (SSSR count). The fourth-order valence-corrected chi connectivity index (χ4v) is 2.52. The molecule has 1 heterocycles. The first kappa shape index (κ1) is 16.2. The minimum Gasteiger partial charge on any atom is -0.461 e. The summed E-state index contributed by atoms with van der Waals surface area (Å²) in [5, 5.41) is 1.31. The average Bonchev–Trinajstić information content (AvgIpc) is 2.92. The van der Waals surface area contributed by atoms with E-state index in [1.165, 1.54) is 12.1 Å². The van der Waals surface area contributed by atoms with Gasteiger partial charge in [-0.1, -0.05) is 11.6 Å². The Morgan fingerprint density at radius 1 is 1.29 bits per heavy atom. The molecule has 3 aromatic rings. The van der Waals surface area contributed by atoms with Crippen LogP contribution in [0, 0.1) is 5.82 Å². The molecule has 0 spiro atoms. The zero-order valence-electron chi connectivity index (χ0n) is 12.8. The number of ether oxygens (including phenoxy) is 1. The number of H-pyrrole nitrogens is 1. The predicted molar refractivity (Wildman–Crippen MR) is 92.9 cm³/mol. The van der Waals surface area contributed by atoms with Crippen molar-refractivity contribution >= 4 is 40.4 Å². The maximum atomic E-state index is 13.0. The standard InChI is InChI=1S/C18H14ClFN2O2/c1-2-24-18(23)17-15(10-21-13-6-4-12(20)5-7-13)14-9-11(19)3-8-16(14)22-17/h3-10,22H,2H2,1H3. The lowest BCUT2D eigenvalue weighted by atomic mass is 10.1. The number of aromatic amines is 1. The van der Waals surface area contributed by atoms with E-state index in [4.69, 9.17) is 16.3 Å². The highest BCUT2D eigenvalue weighted by Gasteiger charge is 2.17. The summed E-state index contributed by atoms with van der Waals surface area (Å²) in [6.07, 6.45) is 1.55. The first-order valence-electron chi connectivity index (χ1n) is 7.36. The number of hydrogen-bond donors (Lipinski definition) is 1. The lowest BCUT2D eigenvalue weighted by Crippen LogP contribution is -2.07. The second-order valence-electron chi connectivity index (χ2n) is 5.06. The van der Waals surface area contributed by atoms with Gasteiger partial charge in [-0.15, -0.1) is 0 Å². The molecule has 0 saturated carbocycles. The molecule has 4 nitrogen and oxygen atoms in total. The summed E-state index contributed by atoms with van der Waals surface area (Å²) in [6.45, 7) is 2.01. The van der Waals surface area contributed by atoms with Gasteiger partial charge in [-0.05, 0) is 49.4 Å². The second-order valence-corrected chi connectivity index (χ2v) is 5.50. The third-order valence-electron chi connectivity index (χ3n) is 3.45. The van der Waals surface area contributed by atoms with E-state index < -0.39 is 5.97 Å². The van der Waals surface area contributed by atoms with Crippen molar-refractivity contribution in [1.82, 2.24) is 4.98 Å². The number of hydrogen-bond acceptors (Lipinski definition) is 3. The molecule has 2 aromatic carbocycles. The number of fused-ring (bicyclic) bond motifs is 1. The van der Waals surface area contributed by atoms with E-state index >= 15 is 0 Å². The maximum absolute atomic E-state index is 13.0. The Balaban J connectivity index is 2.09. The SMILES string of the molecule is CCOC(=O)c1[nH]c2ccc(Cl)cc2c1C=Nc1ccc(F)cc1. The molecule has 0 aliphatic carbocycles. The third-order valence-corrected chi connectivity index (χ3v) is 3.68. The van der Waals surface area contributed by atoms with Gasteiger partial charge in [0.05, 0.1) is 12.3 Å². The summed E-state index contributed by atoms with van der Waals surface area (Å²) >= 11 is 6.06. The fourth-order valence-electron chi connectivity index (χ4n) is 2.35. The van der Waals surface area contributed by atoms with Crippen molar-refractivity contribution in [3.63, 3.8) is 0 Å². The number of nitrogens with zero attached hydrogens (tertiary/aromatic N) is 1. The van der Waals surface area contributed by atoms with Gasteiger partial charge in [-0.2, -0.15) is 0 Å². The van der Waals surface area contributed by atoms with Gasteiger partial charge in [0.2, 0.25) is 0 Å². The zero-order valence-corrected chi connectivity index (χ0v) is 13.6. The molecule has 0 saturated heterocycles. The van der Waals surface area contributed by atoms with Crippen molar-refractivity contribution in [2.75, 3.05) is 6.61 Å². The van der Waals surface area contributed by atoms with Crippen LogP contribution in [0.1, 0.15) is 23.0 Å². The molecule has 6 heteroatoms. The van der Waals surface area contributed by atoms with E-state index in [1.54, 1.807) is 43.5 Å². The number of rotatable bonds is 4. The quantitative estimate of drug-likeness (QED) is 0.541. The molecule has 0 aliphatic heterocycles. The molecule has 1 N–H and O–H groups in total. The zero-order chi connectivity index (χ0) is 17.1. The average molecular weight is 345 g/mol. The topological polar surface area (TPSA) is 54.5 Å². The van der Waals surface area contributed by atoms with Crippen molar-refractivity contribution in [2.24, 2.45) is 4.99 Å². The van der Waals surface area contributed by atoms with Crippen molar-refractivity contribution in [2.45, 2.75) is 6.92 Å². The molecule has 0 fully saturated rings. The van der Waals surface area contributed by atoms with Gasteiger partial charge in [0.1, 0.15) is 11.5 Å². The van der Waals surface area contributed by atoms with Crippen LogP contribution < -0.4 is 0 Å². The van der Waals surface area contributed by atoms with Crippen LogP contribution in [0.15, 0.2) is 47.5 Å². The number of esters is 1. The minimum absolute atomic E-state index is 0.267. The Hall–Kier alpha value is -2.66. The molecular formula is C18H14ClFN2O2. The highest BCUT2D eigenvalue weighted by atomic mass is 35.5. The number of carbonyl (C=O) groups is 1. The molecule has 0 unspecified atom stereocenters. The van der Waals surface area contributed by atoms with Crippen LogP contribution in [0.5, 0.6) is 0 Å². The summed E-state index contributed by atoms with van der Waals surface area (Å²) < 4.78 is 18.1. The number of aliphatic imine (C=N–C) groups is 1. The summed E-state index contributed by atoms with van der Waals surface area (Å²) in [7, 11) is 0. The smallest absolute Gasteiger partial charge is 0.355 e. The molecule has 0 bridgehead atoms. The third kappa shape index (κ3) is 3.31. The molecule has 0 amide bonds. The summed E-state index contributed by atoms with van der Waals surface area (Å²) in [6, 6.07) is 11.0. The number of nitrogens with one attached hydrogen (secondary N) is 1. The Labute approximate surface area is 142 Å². The van der Waals surface area contributed by atoms with E-state index in [0.29, 0.717) is 22.0 Å². The Morgan fingerprint density at radius 2 is 2.04 bits per heavy atom. The van der Waals surface area contributed by atoms with Crippen LogP contribution in [0.4, 0.5) is 10.1 Å². The van der Waals surface area contributed by atoms with Gasteiger partial charge >= 0.3 is 5.97 Å². The van der Waals surface area contributed by atoms with E-state index in [-0.39, 0.29) is 12.4 Å². The Bertz CT molecular complexity index is 917. The first-order chi connectivity index (χ1) is 11.6. The lowest BCUT2D eigenvalue weighted by molar-refractivity contribution is 0.0520. The van der Waals surface area contributed by atoms with Gasteiger partial charge in [-0.3, -0.25) is 4.99 Å². The lowest BCUT2D eigenvalue weighted by Gasteiger charge is -2.01. The van der Waals surface area contributed by atoms with E-state index in [1.807, 2.05) is 0 Å². The normalized spacial score (nSPS) is 11.3. The highest BCUT2D eigenvalue weighted by molar-refractivity contribution is 6.31. The van der Waals surface area contributed by atoms with Crippen LogP contribution in [0.25, 0.3) is 10.9 Å². The molecule has 0 radical (unpaired) electrons. The van der Waals surface area contributed by atoms with Crippen molar-refractivity contribution in [3.8, 4) is 0 Å². The van der Waals surface area contributed by atoms with Crippen LogP contribution in [0.2, 0.25) is 5.02 Å². The van der Waals surface area contributed by atoms with E-state index in [2.05, 4.69) is 9.98 Å². The van der Waals surface area contributed by atoms with Gasteiger partial charge in [0.25, 0.3) is 0 Å². The van der Waals surface area contributed by atoms with Crippen molar-refractivity contribution in [3.05, 3.63) is 64.6 Å². The molecular weight excluding hydrogens is 331 g/mol. The van der Waals surface area contributed by atoms with E-state index in [0.717, 1.165) is 10.9 Å². The summed E-state index contributed by atoms with van der Waals surface area (Å²) in [4.78, 5) is 19.5. The monoisotopic (exact) mass is 344 g/mol. The van der Waals surface area contributed by atoms with Crippen LogP contribution in [-0.4, -0.2) is 23.8 Å². The fraction of sp³-hybridized carbons (Fsp3) is 0.111. The molecule has 122 valence electrons. The highest BCUT2D eigenvalue weighted by Crippen LogP contribution is 2.26. The van der Waals surface area contributed by atoms with Crippen molar-refractivity contribution < 1.29 is 13.9 Å². The second kappa shape index (κ2) is 6.84. The maximum Gasteiger partial charge on any atom is 0.355 e. The van der Waals surface area contributed by atoms with Crippen LogP contribution in [0.3, 0.4) is 0 Å².